The van der Waals surface area contributed by atoms with Crippen molar-refractivity contribution in [1.82, 2.24) is 0 Å². The van der Waals surface area contributed by atoms with Crippen molar-refractivity contribution in [3.63, 3.8) is 0 Å². The molecule has 1 aromatic heterocycles. The monoisotopic (exact) mass is 786 g/mol. The van der Waals surface area contributed by atoms with Crippen molar-refractivity contribution in [1.29, 1.82) is 0 Å². The maximum Gasteiger partial charge on any atom is 0.259 e. The number of carbonyl (C=O) groups excluding carboxylic acids is 1. The molecule has 1 amide bonds. The van der Waals surface area contributed by atoms with E-state index < -0.39 is 0 Å². The molecule has 4 aromatic rings. The molecule has 0 radical (unpaired) electrons. The zero-order valence-corrected chi connectivity index (χ0v) is 26.7. The van der Waals surface area contributed by atoms with Gasteiger partial charge in [-0.25, -0.2) is 4.99 Å². The molecule has 0 saturated carbocycles. The first-order valence-electron chi connectivity index (χ1n) is 12.0. The van der Waals surface area contributed by atoms with Crippen LogP contribution in [-0.4, -0.2) is 12.1 Å². The van der Waals surface area contributed by atoms with Crippen molar-refractivity contribution in [3.8, 4) is 5.75 Å². The predicted octanol–water partition coefficient (Wildman–Crippen LogP) is 9.72. The van der Waals surface area contributed by atoms with Gasteiger partial charge in [-0.15, -0.1) is 11.3 Å². The highest BCUT2D eigenvalue weighted by Crippen LogP contribution is 2.40. The van der Waals surface area contributed by atoms with Crippen LogP contribution in [0, 0.1) is 7.14 Å². The van der Waals surface area contributed by atoms with E-state index in [9.17, 15) is 4.79 Å². The molecule has 1 aliphatic carbocycles. The number of benzene rings is 3. The van der Waals surface area contributed by atoms with E-state index in [-0.39, 0.29) is 5.91 Å². The lowest BCUT2D eigenvalue weighted by Gasteiger charge is -2.13. The summed E-state index contributed by atoms with van der Waals surface area (Å²) in [7, 11) is 0. The van der Waals surface area contributed by atoms with Gasteiger partial charge in [-0.1, -0.05) is 47.5 Å². The van der Waals surface area contributed by atoms with E-state index in [2.05, 4.69) is 50.5 Å². The summed E-state index contributed by atoms with van der Waals surface area (Å²) in [5.41, 5.74) is 4.44. The molecular formula is C29H22Cl2I2N2O2S. The second-order valence-corrected chi connectivity index (χ2v) is 13.1. The van der Waals surface area contributed by atoms with Gasteiger partial charge >= 0.3 is 0 Å². The van der Waals surface area contributed by atoms with Crippen molar-refractivity contribution in [2.75, 3.05) is 5.32 Å². The number of hydrogen-bond acceptors (Lipinski definition) is 4. The lowest BCUT2D eigenvalue weighted by molar-refractivity contribution is 0.102. The number of fused-ring (bicyclic) bond motifs is 1. The van der Waals surface area contributed by atoms with Gasteiger partial charge in [0.2, 0.25) is 0 Å². The van der Waals surface area contributed by atoms with E-state index in [0.29, 0.717) is 22.2 Å². The van der Waals surface area contributed by atoms with Crippen LogP contribution in [0.4, 0.5) is 10.7 Å². The Hall–Kier alpha value is -1.66. The Bertz CT molecular complexity index is 1500. The highest BCUT2D eigenvalue weighted by atomic mass is 127. The van der Waals surface area contributed by atoms with Gasteiger partial charge in [0.25, 0.3) is 5.91 Å². The van der Waals surface area contributed by atoms with Crippen molar-refractivity contribution in [2.24, 2.45) is 4.99 Å². The van der Waals surface area contributed by atoms with Crippen LogP contribution in [0.25, 0.3) is 0 Å². The normalized spacial score (nSPS) is 12.9. The Labute approximate surface area is 263 Å². The van der Waals surface area contributed by atoms with Crippen molar-refractivity contribution < 1.29 is 9.53 Å². The van der Waals surface area contributed by atoms with Crippen molar-refractivity contribution >= 4 is 103 Å². The Balaban J connectivity index is 1.38. The summed E-state index contributed by atoms with van der Waals surface area (Å²) in [5, 5.41) is 4.99. The smallest absolute Gasteiger partial charge is 0.259 e. The number of ether oxygens (including phenoxy) is 1. The summed E-state index contributed by atoms with van der Waals surface area (Å²) in [5.74, 6) is 0.695. The molecule has 0 unspecified atom stereocenters. The largest absolute Gasteiger partial charge is 0.487 e. The zero-order valence-electron chi connectivity index (χ0n) is 20.1. The van der Waals surface area contributed by atoms with Gasteiger partial charge in [-0.2, -0.15) is 0 Å². The van der Waals surface area contributed by atoms with E-state index in [0.717, 1.165) is 66.0 Å². The number of para-hydroxylation sites is 1. The molecule has 0 saturated heterocycles. The number of amides is 1. The number of hydrogen-bond donors (Lipinski definition) is 1. The summed E-state index contributed by atoms with van der Waals surface area (Å²) < 4.78 is 8.05. The maximum atomic E-state index is 13.3. The minimum atomic E-state index is -0.100. The number of rotatable bonds is 7. The minimum absolute atomic E-state index is 0.100. The molecule has 0 aliphatic heterocycles. The number of anilines is 1. The van der Waals surface area contributed by atoms with Crippen LogP contribution in [0.1, 0.15) is 44.8 Å². The number of nitrogens with one attached hydrogen (secondary N) is 1. The quantitative estimate of drug-likeness (QED) is 0.150. The second-order valence-electron chi connectivity index (χ2n) is 8.81. The molecule has 1 N–H and O–H groups in total. The third-order valence-electron chi connectivity index (χ3n) is 6.15. The molecule has 5 rings (SSSR count). The lowest BCUT2D eigenvalue weighted by Crippen LogP contribution is -2.14. The molecule has 0 bridgehead atoms. The summed E-state index contributed by atoms with van der Waals surface area (Å²) in [6.45, 7) is 0.343. The molecule has 4 nitrogen and oxygen atoms in total. The first-order chi connectivity index (χ1) is 18.4. The Kier molecular flexibility index (Phi) is 9.30. The van der Waals surface area contributed by atoms with E-state index in [4.69, 9.17) is 32.9 Å². The van der Waals surface area contributed by atoms with Crippen molar-refractivity contribution in [3.05, 3.63) is 105 Å². The van der Waals surface area contributed by atoms with Crippen LogP contribution in [0.2, 0.25) is 10.0 Å². The number of thiophene rings is 1. The van der Waals surface area contributed by atoms with E-state index in [1.165, 1.54) is 4.88 Å². The van der Waals surface area contributed by atoms with E-state index in [1.807, 2.05) is 54.7 Å². The third kappa shape index (κ3) is 6.55. The number of halogens is 4. The molecule has 1 heterocycles. The third-order valence-corrected chi connectivity index (χ3v) is 9.54. The van der Waals surface area contributed by atoms with Gasteiger partial charge in [0.05, 0.1) is 12.7 Å². The maximum absolute atomic E-state index is 13.3. The predicted molar refractivity (Wildman–Crippen MR) is 175 cm³/mol. The average molecular weight is 787 g/mol. The Morgan fingerprint density at radius 3 is 2.50 bits per heavy atom. The number of aryl methyl sites for hydroxylation is 1. The van der Waals surface area contributed by atoms with Gasteiger partial charge < -0.3 is 10.1 Å². The van der Waals surface area contributed by atoms with Crippen LogP contribution in [0.15, 0.2) is 65.7 Å². The highest BCUT2D eigenvalue weighted by Gasteiger charge is 2.25. The Morgan fingerprint density at radius 2 is 1.76 bits per heavy atom. The van der Waals surface area contributed by atoms with E-state index >= 15 is 0 Å². The molecular weight excluding hydrogens is 765 g/mol. The zero-order chi connectivity index (χ0) is 26.6. The SMILES string of the molecule is O=C(Nc1ccccc1)c1c(N=Cc2cc(I)c(OCc3ccc(Cl)cc3Cl)c(I)c2)sc2c1CCCC2. The Morgan fingerprint density at radius 1 is 1.03 bits per heavy atom. The summed E-state index contributed by atoms with van der Waals surface area (Å²) in [4.78, 5) is 19.4. The van der Waals surface area contributed by atoms with Crippen molar-refractivity contribution in [2.45, 2.75) is 32.3 Å². The standard InChI is InChI=1S/C29H22Cl2I2N2O2S/c30-19-11-10-18(22(31)14-19)16-37-27-23(32)12-17(13-24(27)33)15-34-29-26(21-8-4-5-9-25(21)38-29)28(36)35-20-6-2-1-3-7-20/h1-3,6-7,10-15H,4-5,8-9,16H2,(H,35,36). The first kappa shape index (κ1) is 27.9. The van der Waals surface area contributed by atoms with Gasteiger partial charge in [0, 0.05) is 32.4 Å². The average Bonchev–Trinajstić information content (AvgIpc) is 3.27. The summed E-state index contributed by atoms with van der Waals surface area (Å²) in [6.07, 6.45) is 5.99. The first-order valence-corrected chi connectivity index (χ1v) is 15.7. The fraction of sp³-hybridized carbons (Fsp3) is 0.172. The molecule has 194 valence electrons. The van der Waals surface area contributed by atoms with Crippen LogP contribution >= 0.6 is 79.7 Å². The minimum Gasteiger partial charge on any atom is -0.487 e. The molecule has 9 heteroatoms. The molecule has 0 spiro atoms. The van der Waals surface area contributed by atoms with Gasteiger partial charge in [0.1, 0.15) is 17.4 Å². The van der Waals surface area contributed by atoms with Crippen LogP contribution < -0.4 is 10.1 Å². The van der Waals surface area contributed by atoms with Crippen LogP contribution in [-0.2, 0) is 19.4 Å². The molecule has 0 fully saturated rings. The van der Waals surface area contributed by atoms with Gasteiger partial charge in [0.15, 0.2) is 0 Å². The summed E-state index contributed by atoms with van der Waals surface area (Å²) >= 11 is 18.5. The van der Waals surface area contributed by atoms with Crippen LogP contribution in [0.3, 0.4) is 0 Å². The van der Waals surface area contributed by atoms with E-state index in [1.54, 1.807) is 23.5 Å². The van der Waals surface area contributed by atoms with Gasteiger partial charge in [-0.05, 0) is 118 Å². The lowest BCUT2D eigenvalue weighted by atomic mass is 9.95. The molecule has 3 aromatic carbocycles. The fourth-order valence-corrected chi connectivity index (χ4v) is 8.13. The van der Waals surface area contributed by atoms with Gasteiger partial charge in [-0.3, -0.25) is 4.79 Å². The summed E-state index contributed by atoms with van der Waals surface area (Å²) in [6, 6.07) is 19.0. The molecule has 1 aliphatic rings. The topological polar surface area (TPSA) is 50.7 Å². The second kappa shape index (κ2) is 12.7. The fourth-order valence-electron chi connectivity index (χ4n) is 4.31. The number of carbonyl (C=O) groups is 1. The number of nitrogens with zero attached hydrogens (tertiary/aromatic N) is 1. The highest BCUT2D eigenvalue weighted by molar-refractivity contribution is 14.1. The molecule has 0 atom stereocenters. The van der Waals surface area contributed by atoms with Crippen LogP contribution in [0.5, 0.6) is 5.75 Å². The number of aliphatic imine (C=N–C) groups is 1. The molecule has 38 heavy (non-hydrogen) atoms.